The smallest absolute Gasteiger partial charge is 0.143 e. The second-order valence-electron chi connectivity index (χ2n) is 4.91. The van der Waals surface area contributed by atoms with Gasteiger partial charge < -0.3 is 0 Å². The lowest BCUT2D eigenvalue weighted by molar-refractivity contribution is 0.0531. The molecule has 1 aliphatic carbocycles. The highest BCUT2D eigenvalue weighted by Gasteiger charge is 2.35. The third-order valence-corrected chi connectivity index (χ3v) is 3.81. The van der Waals surface area contributed by atoms with Crippen molar-refractivity contribution in [2.45, 2.75) is 46.1 Å². The van der Waals surface area contributed by atoms with Crippen LogP contribution in [0.4, 0.5) is 0 Å². The van der Waals surface area contributed by atoms with E-state index < -0.39 is 8.03 Å². The van der Waals surface area contributed by atoms with Gasteiger partial charge in [-0.2, -0.15) is 0 Å². The van der Waals surface area contributed by atoms with E-state index in [4.69, 9.17) is 4.52 Å². The van der Waals surface area contributed by atoms with Gasteiger partial charge >= 0.3 is 8.03 Å². The lowest BCUT2D eigenvalue weighted by atomic mass is 9.75. The molecule has 0 radical (unpaired) electrons. The van der Waals surface area contributed by atoms with Crippen molar-refractivity contribution in [2.75, 3.05) is 6.66 Å². The molecule has 4 unspecified atom stereocenters. The Kier molecular flexibility index (Phi) is 4.53. The van der Waals surface area contributed by atoms with Crippen LogP contribution in [0.25, 0.3) is 0 Å². The Morgan fingerprint density at radius 2 is 2.00 bits per heavy atom. The maximum Gasteiger partial charge on any atom is 0.505 e. The monoisotopic (exact) mass is 217 g/mol. The van der Waals surface area contributed by atoms with Gasteiger partial charge in [-0.3, -0.25) is 0 Å². The number of hydrogen-bond acceptors (Lipinski definition) is 2. The summed E-state index contributed by atoms with van der Waals surface area (Å²) in [6.07, 6.45) is 3.83. The Labute approximate surface area is 88.3 Å². The van der Waals surface area contributed by atoms with Crippen LogP contribution in [0.2, 0.25) is 0 Å². The van der Waals surface area contributed by atoms with Crippen LogP contribution < -0.4 is 0 Å². The molecule has 1 saturated carbocycles. The first kappa shape index (κ1) is 12.1. The highest BCUT2D eigenvalue weighted by atomic mass is 31.1. The van der Waals surface area contributed by atoms with Gasteiger partial charge in [-0.15, -0.1) is 4.52 Å². The van der Waals surface area contributed by atoms with Gasteiger partial charge in [0.25, 0.3) is 0 Å². The molecule has 0 aromatic carbocycles. The molecule has 2 nitrogen and oxygen atoms in total. The Morgan fingerprint density at radius 1 is 1.36 bits per heavy atom. The van der Waals surface area contributed by atoms with Crippen molar-refractivity contribution in [1.29, 1.82) is 0 Å². The minimum Gasteiger partial charge on any atom is -0.143 e. The normalized spacial score (nSPS) is 34.6. The highest BCUT2D eigenvalue weighted by Crippen LogP contribution is 2.38. The molecule has 0 heterocycles. The predicted octanol–water partition coefficient (Wildman–Crippen LogP) is 3.84. The summed E-state index contributed by atoms with van der Waals surface area (Å²) in [5.41, 5.74) is 0. The molecule has 3 heteroatoms. The summed E-state index contributed by atoms with van der Waals surface area (Å²) in [6, 6.07) is 0. The zero-order chi connectivity index (χ0) is 10.7. The van der Waals surface area contributed by atoms with Gasteiger partial charge in [0.2, 0.25) is 0 Å². The van der Waals surface area contributed by atoms with E-state index in [2.05, 4.69) is 20.8 Å². The Hall–Kier alpha value is 0.0600. The average Bonchev–Trinajstić information content (AvgIpc) is 2.01. The van der Waals surface area contributed by atoms with Crippen molar-refractivity contribution < 1.29 is 9.09 Å². The van der Waals surface area contributed by atoms with Gasteiger partial charge in [-0.05, 0) is 35.2 Å². The van der Waals surface area contributed by atoms with E-state index in [1.54, 1.807) is 6.66 Å². The number of hydrogen-bond donors (Lipinski definition) is 0. The number of rotatable bonds is 3. The first-order valence-corrected chi connectivity index (χ1v) is 7.20. The summed E-state index contributed by atoms with van der Waals surface area (Å²) in [4.78, 5) is 0. The summed E-state index contributed by atoms with van der Waals surface area (Å²) in [7, 11) is -1.44. The van der Waals surface area contributed by atoms with E-state index in [-0.39, 0.29) is 6.10 Å². The van der Waals surface area contributed by atoms with Crippen molar-refractivity contribution in [3.63, 3.8) is 0 Å². The lowest BCUT2D eigenvalue weighted by Gasteiger charge is -2.33. The van der Waals surface area contributed by atoms with Crippen molar-refractivity contribution in [3.05, 3.63) is 0 Å². The van der Waals surface area contributed by atoms with Crippen molar-refractivity contribution in [3.8, 4) is 0 Å². The van der Waals surface area contributed by atoms with Gasteiger partial charge in [0.15, 0.2) is 6.66 Å². The van der Waals surface area contributed by atoms with Gasteiger partial charge in [0.05, 0.1) is 0 Å². The van der Waals surface area contributed by atoms with Crippen LogP contribution in [0.3, 0.4) is 0 Å². The van der Waals surface area contributed by atoms with Gasteiger partial charge in [-0.25, -0.2) is 0 Å². The fraction of sp³-hybridized carbons (Fsp3) is 1.00. The molecule has 1 fully saturated rings. The van der Waals surface area contributed by atoms with E-state index >= 15 is 0 Å². The fourth-order valence-corrected chi connectivity index (χ4v) is 3.05. The second kappa shape index (κ2) is 5.23. The minimum absolute atomic E-state index is 0.229. The molecule has 82 valence electrons. The molecule has 0 spiro atoms. The standard InChI is InChI=1S/C11H22O2P/c1-8(2)10-6-5-9(3)7-11(10)13-14(4)12/h8-11H,5-7H2,1-4H3/q+1. The fourth-order valence-electron chi connectivity index (χ4n) is 2.43. The highest BCUT2D eigenvalue weighted by molar-refractivity contribution is 7.38. The SMILES string of the molecule is CC1CCC(C(C)C)C(O[P+](C)=O)C1. The van der Waals surface area contributed by atoms with Crippen LogP contribution in [0.15, 0.2) is 0 Å². The van der Waals surface area contributed by atoms with E-state index in [1.807, 2.05) is 0 Å². The van der Waals surface area contributed by atoms with Crippen molar-refractivity contribution >= 4 is 8.03 Å². The van der Waals surface area contributed by atoms with Crippen LogP contribution in [0.5, 0.6) is 0 Å². The molecular weight excluding hydrogens is 195 g/mol. The van der Waals surface area contributed by atoms with Crippen LogP contribution in [-0.4, -0.2) is 12.8 Å². The minimum atomic E-state index is -1.44. The van der Waals surface area contributed by atoms with Crippen LogP contribution >= 0.6 is 8.03 Å². The summed E-state index contributed by atoms with van der Waals surface area (Å²) < 4.78 is 16.7. The predicted molar refractivity (Wildman–Crippen MR) is 59.7 cm³/mol. The third kappa shape index (κ3) is 3.33. The molecule has 0 aromatic heterocycles. The van der Waals surface area contributed by atoms with Crippen LogP contribution in [0, 0.1) is 17.8 Å². The first-order valence-electron chi connectivity index (χ1n) is 5.58. The Morgan fingerprint density at radius 3 is 2.50 bits per heavy atom. The van der Waals surface area contributed by atoms with Gasteiger partial charge in [-0.1, -0.05) is 27.2 Å². The molecule has 1 aliphatic rings. The maximum atomic E-state index is 11.1. The van der Waals surface area contributed by atoms with Gasteiger partial charge in [0.1, 0.15) is 6.10 Å². The third-order valence-electron chi connectivity index (χ3n) is 3.25. The Bertz CT molecular complexity index is 203. The largest absolute Gasteiger partial charge is 0.505 e. The van der Waals surface area contributed by atoms with Crippen molar-refractivity contribution in [2.24, 2.45) is 17.8 Å². The van der Waals surface area contributed by atoms with Crippen LogP contribution in [0.1, 0.15) is 40.0 Å². The zero-order valence-electron chi connectivity index (χ0n) is 9.69. The summed E-state index contributed by atoms with van der Waals surface area (Å²) in [5.74, 6) is 1.97. The molecule has 0 saturated heterocycles. The van der Waals surface area contributed by atoms with E-state index in [0.29, 0.717) is 11.8 Å². The average molecular weight is 217 g/mol. The molecule has 0 N–H and O–H groups in total. The zero-order valence-corrected chi connectivity index (χ0v) is 10.6. The van der Waals surface area contributed by atoms with E-state index in [1.165, 1.54) is 12.8 Å². The molecule has 0 bridgehead atoms. The maximum absolute atomic E-state index is 11.1. The Balaban J connectivity index is 2.58. The summed E-state index contributed by atoms with van der Waals surface area (Å²) in [6.45, 7) is 8.39. The lowest BCUT2D eigenvalue weighted by Crippen LogP contribution is -2.32. The van der Waals surface area contributed by atoms with E-state index in [0.717, 1.165) is 12.3 Å². The van der Waals surface area contributed by atoms with Gasteiger partial charge in [0, 0.05) is 0 Å². The molecule has 1 rings (SSSR count). The topological polar surface area (TPSA) is 26.3 Å². The molecule has 0 aliphatic heterocycles. The first-order chi connectivity index (χ1) is 6.50. The second-order valence-corrected chi connectivity index (χ2v) is 6.00. The molecule has 4 atom stereocenters. The molecule has 14 heavy (non-hydrogen) atoms. The summed E-state index contributed by atoms with van der Waals surface area (Å²) >= 11 is 0. The van der Waals surface area contributed by atoms with Crippen molar-refractivity contribution in [1.82, 2.24) is 0 Å². The summed E-state index contributed by atoms with van der Waals surface area (Å²) in [5, 5.41) is 0. The molecule has 0 amide bonds. The van der Waals surface area contributed by atoms with Crippen LogP contribution in [-0.2, 0) is 9.09 Å². The molecule has 0 aromatic rings. The molecular formula is C11H22O2P+. The van der Waals surface area contributed by atoms with E-state index in [9.17, 15) is 4.57 Å². The quantitative estimate of drug-likeness (QED) is 0.671.